The standard InChI is InChI=1S/C20H17NO2S/c1-3-12-4-6-13(7-5-12)17-16(23-2)9-8-15-18(17)14-10-11-24-19(14)20(22)21-15/h4-11H,3H2,1-2H3,(H,21,22). The maximum Gasteiger partial charge on any atom is 0.266 e. The average Bonchev–Trinajstić information content (AvgIpc) is 3.11. The summed E-state index contributed by atoms with van der Waals surface area (Å²) in [7, 11) is 1.68. The van der Waals surface area contributed by atoms with E-state index in [4.69, 9.17) is 4.74 Å². The minimum absolute atomic E-state index is 0.0371. The van der Waals surface area contributed by atoms with Crippen LogP contribution in [-0.2, 0) is 6.42 Å². The van der Waals surface area contributed by atoms with Gasteiger partial charge in [-0.1, -0.05) is 31.2 Å². The molecule has 4 rings (SSSR count). The predicted molar refractivity (Wildman–Crippen MR) is 101 cm³/mol. The summed E-state index contributed by atoms with van der Waals surface area (Å²) in [6.45, 7) is 2.15. The van der Waals surface area contributed by atoms with Crippen molar-refractivity contribution >= 4 is 32.3 Å². The van der Waals surface area contributed by atoms with Gasteiger partial charge in [0.25, 0.3) is 5.56 Å². The Hall–Kier alpha value is -2.59. The summed E-state index contributed by atoms with van der Waals surface area (Å²) in [6.07, 6.45) is 1.01. The van der Waals surface area contributed by atoms with Crippen molar-refractivity contribution in [1.82, 2.24) is 4.98 Å². The minimum atomic E-state index is -0.0371. The number of ether oxygens (including phenoxy) is 1. The van der Waals surface area contributed by atoms with Crippen LogP contribution in [0.4, 0.5) is 0 Å². The second-order valence-electron chi connectivity index (χ2n) is 5.73. The van der Waals surface area contributed by atoms with Gasteiger partial charge in [-0.3, -0.25) is 4.79 Å². The van der Waals surface area contributed by atoms with E-state index in [-0.39, 0.29) is 5.56 Å². The van der Waals surface area contributed by atoms with Crippen LogP contribution in [0.15, 0.2) is 52.6 Å². The molecule has 0 saturated carbocycles. The minimum Gasteiger partial charge on any atom is -0.496 e. The largest absolute Gasteiger partial charge is 0.496 e. The fraction of sp³-hybridized carbons (Fsp3) is 0.150. The van der Waals surface area contributed by atoms with Gasteiger partial charge in [0.2, 0.25) is 0 Å². The smallest absolute Gasteiger partial charge is 0.266 e. The van der Waals surface area contributed by atoms with Gasteiger partial charge in [-0.15, -0.1) is 11.3 Å². The topological polar surface area (TPSA) is 42.1 Å². The van der Waals surface area contributed by atoms with Crippen molar-refractivity contribution in [2.45, 2.75) is 13.3 Å². The quantitative estimate of drug-likeness (QED) is 0.574. The van der Waals surface area contributed by atoms with E-state index in [0.717, 1.165) is 44.3 Å². The summed E-state index contributed by atoms with van der Waals surface area (Å²) in [5.41, 5.74) is 4.21. The Balaban J connectivity index is 2.14. The Morgan fingerprint density at radius 2 is 1.88 bits per heavy atom. The molecule has 24 heavy (non-hydrogen) atoms. The first kappa shape index (κ1) is 15.0. The predicted octanol–water partition coefficient (Wildman–Crippen LogP) is 4.98. The number of methoxy groups -OCH3 is 1. The van der Waals surface area contributed by atoms with Crippen LogP contribution in [0.5, 0.6) is 5.75 Å². The van der Waals surface area contributed by atoms with E-state index in [9.17, 15) is 4.79 Å². The van der Waals surface area contributed by atoms with E-state index in [1.807, 2.05) is 23.6 Å². The molecule has 0 fully saturated rings. The van der Waals surface area contributed by atoms with Crippen molar-refractivity contribution in [3.05, 3.63) is 63.8 Å². The van der Waals surface area contributed by atoms with Crippen molar-refractivity contribution in [1.29, 1.82) is 0 Å². The highest BCUT2D eigenvalue weighted by Crippen LogP contribution is 2.40. The Kier molecular flexibility index (Phi) is 3.62. The van der Waals surface area contributed by atoms with Gasteiger partial charge in [0, 0.05) is 21.9 Å². The van der Waals surface area contributed by atoms with Gasteiger partial charge in [0.05, 0.1) is 7.11 Å². The first-order chi connectivity index (χ1) is 11.7. The van der Waals surface area contributed by atoms with Crippen LogP contribution >= 0.6 is 11.3 Å². The Bertz CT molecular complexity index is 1090. The zero-order chi connectivity index (χ0) is 16.7. The molecule has 0 radical (unpaired) electrons. The van der Waals surface area contributed by atoms with Crippen LogP contribution in [0.3, 0.4) is 0 Å². The Labute approximate surface area is 143 Å². The van der Waals surface area contributed by atoms with Crippen molar-refractivity contribution < 1.29 is 4.74 Å². The van der Waals surface area contributed by atoms with Gasteiger partial charge < -0.3 is 9.72 Å². The summed E-state index contributed by atoms with van der Waals surface area (Å²) in [4.78, 5) is 15.3. The highest BCUT2D eigenvalue weighted by atomic mass is 32.1. The van der Waals surface area contributed by atoms with Crippen LogP contribution in [0.2, 0.25) is 0 Å². The lowest BCUT2D eigenvalue weighted by atomic mass is 9.96. The second-order valence-corrected chi connectivity index (χ2v) is 6.65. The van der Waals surface area contributed by atoms with E-state index >= 15 is 0 Å². The number of rotatable bonds is 3. The molecule has 0 aliphatic heterocycles. The van der Waals surface area contributed by atoms with Crippen molar-refractivity contribution in [2.24, 2.45) is 0 Å². The molecule has 0 atom stereocenters. The summed E-state index contributed by atoms with van der Waals surface area (Å²) < 4.78 is 6.38. The molecule has 120 valence electrons. The zero-order valence-electron chi connectivity index (χ0n) is 13.6. The van der Waals surface area contributed by atoms with Gasteiger partial charge >= 0.3 is 0 Å². The summed E-state index contributed by atoms with van der Waals surface area (Å²) in [5.74, 6) is 0.811. The number of aryl methyl sites for hydroxylation is 1. The molecule has 0 bridgehead atoms. The second kappa shape index (κ2) is 5.80. The summed E-state index contributed by atoms with van der Waals surface area (Å²) >= 11 is 1.47. The molecule has 2 aromatic heterocycles. The molecule has 0 aliphatic carbocycles. The van der Waals surface area contributed by atoms with E-state index < -0.39 is 0 Å². The molecule has 0 unspecified atom stereocenters. The van der Waals surface area contributed by atoms with Crippen LogP contribution in [0, 0.1) is 0 Å². The first-order valence-corrected chi connectivity index (χ1v) is 8.80. The number of hydrogen-bond donors (Lipinski definition) is 1. The molecule has 0 spiro atoms. The maximum atomic E-state index is 12.3. The maximum absolute atomic E-state index is 12.3. The molecule has 3 nitrogen and oxygen atoms in total. The molecule has 0 aliphatic rings. The number of aromatic nitrogens is 1. The monoisotopic (exact) mass is 335 g/mol. The SMILES string of the molecule is CCc1ccc(-c2c(OC)ccc3[nH]c(=O)c4sccc4c23)cc1. The number of hydrogen-bond acceptors (Lipinski definition) is 3. The van der Waals surface area contributed by atoms with Gasteiger partial charge in [-0.05, 0) is 41.1 Å². The lowest BCUT2D eigenvalue weighted by Crippen LogP contribution is -2.05. The van der Waals surface area contributed by atoms with Gasteiger partial charge in [-0.2, -0.15) is 0 Å². The molecule has 0 amide bonds. The molecule has 4 heteroatoms. The van der Waals surface area contributed by atoms with Crippen molar-refractivity contribution in [3.8, 4) is 16.9 Å². The van der Waals surface area contributed by atoms with Crippen LogP contribution in [0.1, 0.15) is 12.5 Å². The Morgan fingerprint density at radius 1 is 1.08 bits per heavy atom. The zero-order valence-corrected chi connectivity index (χ0v) is 14.4. The van der Waals surface area contributed by atoms with E-state index in [1.54, 1.807) is 7.11 Å². The molecular weight excluding hydrogens is 318 g/mol. The fourth-order valence-electron chi connectivity index (χ4n) is 3.19. The normalized spacial score (nSPS) is 11.2. The number of aromatic amines is 1. The molecule has 1 N–H and O–H groups in total. The average molecular weight is 335 g/mol. The molecule has 4 aromatic rings. The van der Waals surface area contributed by atoms with Gasteiger partial charge in [-0.25, -0.2) is 0 Å². The molecular formula is C20H17NO2S. The van der Waals surface area contributed by atoms with Crippen molar-refractivity contribution in [2.75, 3.05) is 7.11 Å². The number of benzene rings is 2. The first-order valence-electron chi connectivity index (χ1n) is 7.92. The number of pyridine rings is 1. The lowest BCUT2D eigenvalue weighted by molar-refractivity contribution is 0.417. The molecule has 0 saturated heterocycles. The molecule has 2 aromatic carbocycles. The van der Waals surface area contributed by atoms with Gasteiger partial charge in [0.15, 0.2) is 0 Å². The highest BCUT2D eigenvalue weighted by Gasteiger charge is 2.16. The Morgan fingerprint density at radius 3 is 2.58 bits per heavy atom. The van der Waals surface area contributed by atoms with Crippen LogP contribution in [-0.4, -0.2) is 12.1 Å². The lowest BCUT2D eigenvalue weighted by Gasteiger charge is -2.13. The number of H-pyrrole nitrogens is 1. The van der Waals surface area contributed by atoms with E-state index in [0.29, 0.717) is 0 Å². The van der Waals surface area contributed by atoms with Crippen LogP contribution in [0.25, 0.3) is 32.1 Å². The molecule has 2 heterocycles. The van der Waals surface area contributed by atoms with Crippen LogP contribution < -0.4 is 10.3 Å². The summed E-state index contributed by atoms with van der Waals surface area (Å²) in [6, 6.07) is 14.4. The fourth-order valence-corrected chi connectivity index (χ4v) is 3.99. The van der Waals surface area contributed by atoms with E-state index in [2.05, 4.69) is 36.2 Å². The number of thiophene rings is 1. The third kappa shape index (κ3) is 2.22. The number of fused-ring (bicyclic) bond motifs is 3. The summed E-state index contributed by atoms with van der Waals surface area (Å²) in [5, 5.41) is 3.98. The van der Waals surface area contributed by atoms with E-state index in [1.165, 1.54) is 16.9 Å². The number of nitrogens with one attached hydrogen (secondary N) is 1. The third-order valence-electron chi connectivity index (χ3n) is 4.43. The third-order valence-corrected chi connectivity index (χ3v) is 5.34. The van der Waals surface area contributed by atoms with Gasteiger partial charge in [0.1, 0.15) is 10.4 Å². The highest BCUT2D eigenvalue weighted by molar-refractivity contribution is 7.17. The van der Waals surface area contributed by atoms with Crippen molar-refractivity contribution in [3.63, 3.8) is 0 Å².